The topological polar surface area (TPSA) is 38.7 Å². The molecule has 1 rings (SSSR count). The molecule has 78 valence electrons. The van der Waals surface area contributed by atoms with E-state index in [-0.39, 0.29) is 6.61 Å². The Morgan fingerprint density at radius 1 is 1.46 bits per heavy atom. The number of nitrogens with one attached hydrogen (secondary N) is 1. The summed E-state index contributed by atoms with van der Waals surface area (Å²) in [6, 6.07) is 0.325. The zero-order valence-electron chi connectivity index (χ0n) is 8.66. The Balaban J connectivity index is 2.27. The molecular weight excluding hydrogens is 166 g/mol. The minimum atomic E-state index is 0.270. The van der Waals surface area contributed by atoms with E-state index in [0.717, 1.165) is 32.7 Å². The summed E-state index contributed by atoms with van der Waals surface area (Å²) in [7, 11) is 4.05. The third-order valence-electron chi connectivity index (χ3n) is 2.75. The van der Waals surface area contributed by atoms with Crippen LogP contribution in [0.3, 0.4) is 0 Å². The summed E-state index contributed by atoms with van der Waals surface area (Å²) >= 11 is 0. The molecule has 13 heavy (non-hydrogen) atoms. The monoisotopic (exact) mass is 187 g/mol. The van der Waals surface area contributed by atoms with E-state index in [1.54, 1.807) is 0 Å². The van der Waals surface area contributed by atoms with E-state index in [2.05, 4.69) is 22.2 Å². The molecule has 0 aromatic heterocycles. The Kier molecular flexibility index (Phi) is 4.66. The molecule has 1 fully saturated rings. The molecule has 1 heterocycles. The van der Waals surface area contributed by atoms with Crippen LogP contribution in [0.5, 0.6) is 0 Å². The van der Waals surface area contributed by atoms with Crippen molar-refractivity contribution in [3.05, 3.63) is 0 Å². The van der Waals surface area contributed by atoms with Gasteiger partial charge in [-0.1, -0.05) is 0 Å². The van der Waals surface area contributed by atoms with Gasteiger partial charge in [0.25, 0.3) is 0 Å². The van der Waals surface area contributed by atoms with Crippen LogP contribution in [-0.2, 0) is 0 Å². The number of rotatable bonds is 4. The van der Waals surface area contributed by atoms with Gasteiger partial charge in [0.15, 0.2) is 0 Å². The first-order valence-corrected chi connectivity index (χ1v) is 4.96. The van der Waals surface area contributed by atoms with E-state index in [0.29, 0.717) is 6.04 Å². The van der Waals surface area contributed by atoms with Crippen LogP contribution in [0, 0.1) is 0 Å². The molecule has 0 aromatic rings. The van der Waals surface area contributed by atoms with Crippen molar-refractivity contribution in [3.63, 3.8) is 0 Å². The second kappa shape index (κ2) is 5.54. The summed E-state index contributed by atoms with van der Waals surface area (Å²) in [5.41, 5.74) is 0. The Labute approximate surface area is 80.5 Å². The molecule has 4 nitrogen and oxygen atoms in total. The smallest absolute Gasteiger partial charge is 0.0599 e. The molecule has 0 aromatic carbocycles. The van der Waals surface area contributed by atoms with Crippen LogP contribution in [0.25, 0.3) is 0 Å². The lowest BCUT2D eigenvalue weighted by molar-refractivity contribution is 0.0585. The molecule has 0 saturated carbocycles. The number of hydrogen-bond donors (Lipinski definition) is 2. The Morgan fingerprint density at radius 3 is 2.85 bits per heavy atom. The highest BCUT2D eigenvalue weighted by Gasteiger charge is 2.22. The fraction of sp³-hybridized carbons (Fsp3) is 1.00. The van der Waals surface area contributed by atoms with E-state index in [1.807, 2.05) is 7.05 Å². The minimum absolute atomic E-state index is 0.270. The SMILES string of the molecule is CNCCN1CCN(C)C(CO)C1. The molecule has 1 unspecified atom stereocenters. The maximum Gasteiger partial charge on any atom is 0.0599 e. The van der Waals surface area contributed by atoms with E-state index in [1.165, 1.54) is 0 Å². The van der Waals surface area contributed by atoms with E-state index < -0.39 is 0 Å². The van der Waals surface area contributed by atoms with Gasteiger partial charge in [-0.15, -0.1) is 0 Å². The number of nitrogens with zero attached hydrogens (tertiary/aromatic N) is 2. The first kappa shape index (κ1) is 10.9. The molecule has 1 saturated heterocycles. The van der Waals surface area contributed by atoms with Crippen LogP contribution in [0.2, 0.25) is 0 Å². The van der Waals surface area contributed by atoms with Gasteiger partial charge in [0.05, 0.1) is 6.61 Å². The summed E-state index contributed by atoms with van der Waals surface area (Å²) in [5, 5.41) is 12.3. The number of likely N-dealkylation sites (N-methyl/N-ethyl adjacent to an activating group) is 2. The molecular formula is C9H21N3O. The second-order valence-corrected chi connectivity index (χ2v) is 3.72. The van der Waals surface area contributed by atoms with Crippen LogP contribution in [0.15, 0.2) is 0 Å². The Hall–Kier alpha value is -0.160. The average molecular weight is 187 g/mol. The molecule has 1 aliphatic heterocycles. The van der Waals surface area contributed by atoms with Crippen LogP contribution in [0.1, 0.15) is 0 Å². The summed E-state index contributed by atoms with van der Waals surface area (Å²) in [6.07, 6.45) is 0. The van der Waals surface area contributed by atoms with Crippen molar-refractivity contribution in [3.8, 4) is 0 Å². The van der Waals surface area contributed by atoms with Crippen molar-refractivity contribution in [1.29, 1.82) is 0 Å². The number of aliphatic hydroxyl groups excluding tert-OH is 1. The molecule has 2 N–H and O–H groups in total. The first-order valence-electron chi connectivity index (χ1n) is 4.96. The molecule has 0 aliphatic carbocycles. The van der Waals surface area contributed by atoms with Gasteiger partial charge < -0.3 is 10.4 Å². The standard InChI is InChI=1S/C9H21N3O/c1-10-3-4-12-6-5-11(2)9(7-12)8-13/h9-10,13H,3-8H2,1-2H3. The van der Waals surface area contributed by atoms with Gasteiger partial charge >= 0.3 is 0 Å². The van der Waals surface area contributed by atoms with Gasteiger partial charge in [-0.2, -0.15) is 0 Å². The van der Waals surface area contributed by atoms with Gasteiger partial charge in [-0.3, -0.25) is 9.80 Å². The lowest BCUT2D eigenvalue weighted by Crippen LogP contribution is -2.53. The third-order valence-corrected chi connectivity index (χ3v) is 2.75. The van der Waals surface area contributed by atoms with Crippen molar-refractivity contribution in [2.24, 2.45) is 0 Å². The van der Waals surface area contributed by atoms with Crippen molar-refractivity contribution >= 4 is 0 Å². The van der Waals surface area contributed by atoms with Crippen LogP contribution in [0.4, 0.5) is 0 Å². The maximum absolute atomic E-state index is 9.12. The zero-order chi connectivity index (χ0) is 9.68. The predicted molar refractivity (Wildman–Crippen MR) is 53.9 cm³/mol. The van der Waals surface area contributed by atoms with E-state index in [4.69, 9.17) is 5.11 Å². The third kappa shape index (κ3) is 3.23. The molecule has 0 spiro atoms. The van der Waals surface area contributed by atoms with E-state index in [9.17, 15) is 0 Å². The lowest BCUT2D eigenvalue weighted by atomic mass is 10.2. The fourth-order valence-electron chi connectivity index (χ4n) is 1.68. The Morgan fingerprint density at radius 2 is 2.23 bits per heavy atom. The first-order chi connectivity index (χ1) is 6.27. The normalized spacial score (nSPS) is 26.5. The summed E-state index contributed by atoms with van der Waals surface area (Å²) in [6.45, 7) is 5.56. The number of aliphatic hydroxyl groups is 1. The summed E-state index contributed by atoms with van der Waals surface area (Å²) < 4.78 is 0. The van der Waals surface area contributed by atoms with Crippen molar-refractivity contribution in [2.45, 2.75) is 6.04 Å². The summed E-state index contributed by atoms with van der Waals surface area (Å²) in [4.78, 5) is 4.63. The highest BCUT2D eigenvalue weighted by atomic mass is 16.3. The van der Waals surface area contributed by atoms with Crippen LogP contribution >= 0.6 is 0 Å². The molecule has 1 atom stereocenters. The average Bonchev–Trinajstić information content (AvgIpc) is 2.16. The van der Waals surface area contributed by atoms with Crippen molar-refractivity contribution in [2.75, 3.05) is 53.4 Å². The number of piperazine rings is 1. The molecule has 0 radical (unpaired) electrons. The Bertz CT molecular complexity index is 141. The maximum atomic E-state index is 9.12. The quantitative estimate of drug-likeness (QED) is 0.581. The zero-order valence-corrected chi connectivity index (χ0v) is 8.66. The number of hydrogen-bond acceptors (Lipinski definition) is 4. The molecule has 4 heteroatoms. The predicted octanol–water partition coefficient (Wildman–Crippen LogP) is -1.19. The van der Waals surface area contributed by atoms with Crippen LogP contribution in [-0.4, -0.2) is 74.4 Å². The van der Waals surface area contributed by atoms with Crippen LogP contribution < -0.4 is 5.32 Å². The van der Waals surface area contributed by atoms with Crippen molar-refractivity contribution in [1.82, 2.24) is 15.1 Å². The van der Waals surface area contributed by atoms with Gasteiger partial charge in [-0.05, 0) is 14.1 Å². The highest BCUT2D eigenvalue weighted by molar-refractivity contribution is 4.79. The van der Waals surface area contributed by atoms with E-state index >= 15 is 0 Å². The lowest BCUT2D eigenvalue weighted by Gasteiger charge is -2.38. The minimum Gasteiger partial charge on any atom is -0.395 e. The molecule has 1 aliphatic rings. The second-order valence-electron chi connectivity index (χ2n) is 3.72. The van der Waals surface area contributed by atoms with Gasteiger partial charge in [0.1, 0.15) is 0 Å². The molecule has 0 amide bonds. The largest absolute Gasteiger partial charge is 0.395 e. The van der Waals surface area contributed by atoms with Gasteiger partial charge in [-0.25, -0.2) is 0 Å². The fourth-order valence-corrected chi connectivity index (χ4v) is 1.68. The highest BCUT2D eigenvalue weighted by Crippen LogP contribution is 2.05. The van der Waals surface area contributed by atoms with Gasteiger partial charge in [0, 0.05) is 38.8 Å². The molecule has 0 bridgehead atoms. The van der Waals surface area contributed by atoms with Gasteiger partial charge in [0.2, 0.25) is 0 Å². The van der Waals surface area contributed by atoms with Crippen molar-refractivity contribution < 1.29 is 5.11 Å². The summed E-state index contributed by atoms with van der Waals surface area (Å²) in [5.74, 6) is 0.